The Kier molecular flexibility index (Phi) is 5.79. The number of sulfone groups is 1. The summed E-state index contributed by atoms with van der Waals surface area (Å²) < 4.78 is 49.2. The van der Waals surface area contributed by atoms with Crippen LogP contribution in [0.15, 0.2) is 34.1 Å². The van der Waals surface area contributed by atoms with E-state index in [9.17, 15) is 16.8 Å². The molecule has 0 aliphatic carbocycles. The minimum absolute atomic E-state index is 0. The molecule has 1 aliphatic heterocycles. The lowest BCUT2D eigenvalue weighted by atomic mass is 10.3. The topological polar surface area (TPSA) is 83.6 Å². The van der Waals surface area contributed by atoms with Gasteiger partial charge in [0.1, 0.15) is 0 Å². The van der Waals surface area contributed by atoms with Crippen LogP contribution in [0, 0.1) is 0 Å². The van der Waals surface area contributed by atoms with Crippen molar-refractivity contribution in [2.24, 2.45) is 0 Å². The van der Waals surface area contributed by atoms with Gasteiger partial charge in [-0.25, -0.2) is 16.8 Å². The van der Waals surface area contributed by atoms with Gasteiger partial charge in [-0.05, 0) is 31.2 Å². The molecule has 1 fully saturated rings. The van der Waals surface area contributed by atoms with E-state index < -0.39 is 19.9 Å². The molecule has 1 unspecified atom stereocenters. The standard InChI is InChI=1S/C12H18N2O4S2.ClH/c1-10-9-13-7-8-14(10)20(17,18)12-5-3-11(4-6-12)19(2,15)16;/h3-6,10,13H,7-9H2,1-2H3;1H. The summed E-state index contributed by atoms with van der Waals surface area (Å²) in [7, 11) is -6.89. The van der Waals surface area contributed by atoms with Crippen LogP contribution >= 0.6 is 12.4 Å². The van der Waals surface area contributed by atoms with Crippen molar-refractivity contribution in [2.75, 3.05) is 25.9 Å². The molecule has 0 aromatic heterocycles. The van der Waals surface area contributed by atoms with Crippen molar-refractivity contribution in [1.29, 1.82) is 0 Å². The van der Waals surface area contributed by atoms with Gasteiger partial charge in [-0.15, -0.1) is 12.4 Å². The summed E-state index contributed by atoms with van der Waals surface area (Å²) in [4.78, 5) is 0.239. The zero-order valence-electron chi connectivity index (χ0n) is 11.8. The molecule has 1 N–H and O–H groups in total. The Morgan fingerprint density at radius 1 is 1.10 bits per heavy atom. The lowest BCUT2D eigenvalue weighted by Gasteiger charge is -2.32. The molecule has 120 valence electrons. The average molecular weight is 355 g/mol. The maximum absolute atomic E-state index is 12.5. The molecule has 0 amide bonds. The lowest BCUT2D eigenvalue weighted by molar-refractivity contribution is 0.284. The summed E-state index contributed by atoms with van der Waals surface area (Å²) in [6.07, 6.45) is 1.09. The first-order chi connectivity index (χ1) is 9.23. The molecule has 21 heavy (non-hydrogen) atoms. The van der Waals surface area contributed by atoms with Gasteiger partial charge in [0, 0.05) is 31.9 Å². The van der Waals surface area contributed by atoms with Crippen molar-refractivity contribution in [3.05, 3.63) is 24.3 Å². The summed E-state index contributed by atoms with van der Waals surface area (Å²) in [6.45, 7) is 3.48. The first kappa shape index (κ1) is 18.4. The largest absolute Gasteiger partial charge is 0.314 e. The Morgan fingerprint density at radius 3 is 2.10 bits per heavy atom. The summed E-state index contributed by atoms with van der Waals surface area (Å²) in [5.74, 6) is 0. The number of hydrogen-bond donors (Lipinski definition) is 1. The summed E-state index contributed by atoms with van der Waals surface area (Å²) in [6, 6.07) is 5.23. The van der Waals surface area contributed by atoms with Gasteiger partial charge >= 0.3 is 0 Å². The van der Waals surface area contributed by atoms with Gasteiger partial charge < -0.3 is 5.32 Å². The molecule has 0 saturated carbocycles. The van der Waals surface area contributed by atoms with E-state index in [1.165, 1.54) is 28.6 Å². The van der Waals surface area contributed by atoms with Crippen LogP contribution in [0.3, 0.4) is 0 Å². The highest BCUT2D eigenvalue weighted by molar-refractivity contribution is 7.90. The summed E-state index contributed by atoms with van der Waals surface area (Å²) in [5.41, 5.74) is 0. The quantitative estimate of drug-likeness (QED) is 0.854. The van der Waals surface area contributed by atoms with Crippen LogP contribution in [-0.4, -0.2) is 53.1 Å². The SMILES string of the molecule is CC1CNCCN1S(=O)(=O)c1ccc(S(C)(=O)=O)cc1.Cl. The number of halogens is 1. The van der Waals surface area contributed by atoms with E-state index >= 15 is 0 Å². The van der Waals surface area contributed by atoms with Crippen LogP contribution < -0.4 is 5.32 Å². The van der Waals surface area contributed by atoms with Gasteiger partial charge in [0.15, 0.2) is 9.84 Å². The number of benzene rings is 1. The van der Waals surface area contributed by atoms with Gasteiger partial charge in [-0.2, -0.15) is 4.31 Å². The highest BCUT2D eigenvalue weighted by Gasteiger charge is 2.30. The van der Waals surface area contributed by atoms with E-state index in [1.54, 1.807) is 0 Å². The number of rotatable bonds is 3. The maximum Gasteiger partial charge on any atom is 0.243 e. The normalized spacial score (nSPS) is 20.8. The summed E-state index contributed by atoms with van der Waals surface area (Å²) >= 11 is 0. The molecule has 6 nitrogen and oxygen atoms in total. The van der Waals surface area contributed by atoms with E-state index in [-0.39, 0.29) is 28.2 Å². The number of piperazine rings is 1. The summed E-state index contributed by atoms with van der Waals surface area (Å²) in [5, 5.41) is 3.13. The fourth-order valence-electron chi connectivity index (χ4n) is 2.17. The zero-order valence-corrected chi connectivity index (χ0v) is 14.3. The highest BCUT2D eigenvalue weighted by Crippen LogP contribution is 2.21. The molecule has 0 radical (unpaired) electrons. The van der Waals surface area contributed by atoms with E-state index in [2.05, 4.69) is 5.32 Å². The molecular weight excluding hydrogens is 336 g/mol. The predicted molar refractivity (Wildman–Crippen MR) is 83.0 cm³/mol. The van der Waals surface area contributed by atoms with E-state index in [0.717, 1.165) is 6.26 Å². The highest BCUT2D eigenvalue weighted by atomic mass is 35.5. The molecule has 2 rings (SSSR count). The van der Waals surface area contributed by atoms with Crippen molar-refractivity contribution < 1.29 is 16.8 Å². The third-order valence-electron chi connectivity index (χ3n) is 3.30. The van der Waals surface area contributed by atoms with Gasteiger partial charge in [-0.1, -0.05) is 0 Å². The Labute approximate surface area is 131 Å². The van der Waals surface area contributed by atoms with Crippen LogP contribution in [0.25, 0.3) is 0 Å². The van der Waals surface area contributed by atoms with Crippen LogP contribution in [0.4, 0.5) is 0 Å². The van der Waals surface area contributed by atoms with Gasteiger partial charge in [0.2, 0.25) is 10.0 Å². The average Bonchev–Trinajstić information content (AvgIpc) is 2.38. The zero-order chi connectivity index (χ0) is 15.0. The second kappa shape index (κ2) is 6.62. The minimum atomic E-state index is -3.57. The number of sulfonamides is 1. The lowest BCUT2D eigenvalue weighted by Crippen LogP contribution is -2.52. The van der Waals surface area contributed by atoms with Crippen LogP contribution in [-0.2, 0) is 19.9 Å². The van der Waals surface area contributed by atoms with Crippen LogP contribution in [0.5, 0.6) is 0 Å². The fraction of sp³-hybridized carbons (Fsp3) is 0.500. The van der Waals surface area contributed by atoms with E-state index in [0.29, 0.717) is 19.6 Å². The molecular formula is C12H19ClN2O4S2. The van der Waals surface area contributed by atoms with Crippen molar-refractivity contribution in [1.82, 2.24) is 9.62 Å². The molecule has 0 spiro atoms. The molecule has 1 atom stereocenters. The van der Waals surface area contributed by atoms with E-state index in [1.807, 2.05) is 6.92 Å². The maximum atomic E-state index is 12.5. The Morgan fingerprint density at radius 2 is 1.62 bits per heavy atom. The Balaban J connectivity index is 0.00000220. The Hall–Kier alpha value is -0.670. The molecule has 1 aromatic rings. The molecule has 1 heterocycles. The van der Waals surface area contributed by atoms with Crippen molar-refractivity contribution in [3.63, 3.8) is 0 Å². The molecule has 9 heteroatoms. The molecule has 1 aliphatic rings. The minimum Gasteiger partial charge on any atom is -0.314 e. The van der Waals surface area contributed by atoms with Crippen molar-refractivity contribution in [3.8, 4) is 0 Å². The number of nitrogens with zero attached hydrogens (tertiary/aromatic N) is 1. The number of hydrogen-bond acceptors (Lipinski definition) is 5. The van der Waals surface area contributed by atoms with Gasteiger partial charge in [0.25, 0.3) is 0 Å². The smallest absolute Gasteiger partial charge is 0.243 e. The monoisotopic (exact) mass is 354 g/mol. The van der Waals surface area contributed by atoms with Crippen molar-refractivity contribution >= 4 is 32.3 Å². The first-order valence-corrected chi connectivity index (χ1v) is 9.59. The first-order valence-electron chi connectivity index (χ1n) is 6.25. The molecule has 0 bridgehead atoms. The Bertz CT molecular complexity index is 686. The number of nitrogens with one attached hydrogen (secondary N) is 1. The van der Waals surface area contributed by atoms with Crippen LogP contribution in [0.2, 0.25) is 0 Å². The van der Waals surface area contributed by atoms with Gasteiger partial charge in [0.05, 0.1) is 9.79 Å². The predicted octanol–water partition coefficient (Wildman–Crippen LogP) is 0.494. The molecule has 1 aromatic carbocycles. The third kappa shape index (κ3) is 3.95. The second-order valence-corrected chi connectivity index (χ2v) is 8.82. The third-order valence-corrected chi connectivity index (χ3v) is 6.46. The fourth-order valence-corrected chi connectivity index (χ4v) is 4.43. The molecule has 1 saturated heterocycles. The van der Waals surface area contributed by atoms with E-state index in [4.69, 9.17) is 0 Å². The van der Waals surface area contributed by atoms with Crippen molar-refractivity contribution in [2.45, 2.75) is 22.8 Å². The van der Waals surface area contributed by atoms with Gasteiger partial charge in [-0.3, -0.25) is 0 Å². The van der Waals surface area contributed by atoms with Crippen LogP contribution in [0.1, 0.15) is 6.92 Å². The second-order valence-electron chi connectivity index (χ2n) is 4.91.